The van der Waals surface area contributed by atoms with E-state index in [2.05, 4.69) is 41.9 Å². The molecule has 3 nitrogen and oxygen atoms in total. The molecule has 1 atom stereocenters. The number of nitrogens with two attached hydrogens (primary N) is 1. The first-order valence-corrected chi connectivity index (χ1v) is 7.67. The van der Waals surface area contributed by atoms with Gasteiger partial charge in [-0.05, 0) is 48.9 Å². The van der Waals surface area contributed by atoms with Crippen molar-refractivity contribution in [3.63, 3.8) is 0 Å². The van der Waals surface area contributed by atoms with Crippen LogP contribution < -0.4 is 5.73 Å². The number of hydrogen-bond donors (Lipinski definition) is 1. The van der Waals surface area contributed by atoms with Crippen molar-refractivity contribution in [3.8, 4) is 6.07 Å². The standard InChI is InChI=1S/C19H21N3/c1-14-16-12-15(13-20)22(18(16)7-6-17(14)21)11-10-19(2)8-4-3-5-9-19/h3-8,12H,9-11,21H2,1-2H3. The summed E-state index contributed by atoms with van der Waals surface area (Å²) in [7, 11) is 0. The highest BCUT2D eigenvalue weighted by Crippen LogP contribution is 2.33. The quantitative estimate of drug-likeness (QED) is 0.856. The van der Waals surface area contributed by atoms with Gasteiger partial charge >= 0.3 is 0 Å². The van der Waals surface area contributed by atoms with Crippen LogP contribution >= 0.6 is 0 Å². The number of aromatic nitrogens is 1. The van der Waals surface area contributed by atoms with Crippen LogP contribution in [0, 0.1) is 23.7 Å². The second-order valence-corrected chi connectivity index (χ2v) is 6.40. The molecular weight excluding hydrogens is 270 g/mol. The summed E-state index contributed by atoms with van der Waals surface area (Å²) >= 11 is 0. The minimum atomic E-state index is 0.168. The second-order valence-electron chi connectivity index (χ2n) is 6.40. The van der Waals surface area contributed by atoms with Gasteiger partial charge in [-0.15, -0.1) is 0 Å². The molecule has 1 aliphatic carbocycles. The van der Waals surface area contributed by atoms with E-state index in [0.29, 0.717) is 5.69 Å². The van der Waals surface area contributed by atoms with Crippen LogP contribution in [0.25, 0.3) is 10.9 Å². The van der Waals surface area contributed by atoms with Gasteiger partial charge in [0.2, 0.25) is 0 Å². The van der Waals surface area contributed by atoms with E-state index < -0.39 is 0 Å². The van der Waals surface area contributed by atoms with E-state index in [9.17, 15) is 5.26 Å². The lowest BCUT2D eigenvalue weighted by molar-refractivity contribution is 0.367. The maximum absolute atomic E-state index is 9.45. The molecule has 0 amide bonds. The average molecular weight is 291 g/mol. The Labute approximate surface area is 131 Å². The Hall–Kier alpha value is -2.47. The molecule has 1 aliphatic rings. The zero-order chi connectivity index (χ0) is 15.7. The van der Waals surface area contributed by atoms with E-state index in [1.807, 2.05) is 25.1 Å². The summed E-state index contributed by atoms with van der Waals surface area (Å²) < 4.78 is 2.12. The van der Waals surface area contributed by atoms with Gasteiger partial charge in [-0.3, -0.25) is 0 Å². The Morgan fingerprint density at radius 1 is 1.36 bits per heavy atom. The molecule has 1 aromatic carbocycles. The van der Waals surface area contributed by atoms with Crippen molar-refractivity contribution in [1.29, 1.82) is 5.26 Å². The van der Waals surface area contributed by atoms with Crippen molar-refractivity contribution in [2.75, 3.05) is 5.73 Å². The lowest BCUT2D eigenvalue weighted by atomic mass is 9.81. The summed E-state index contributed by atoms with van der Waals surface area (Å²) in [5.41, 5.74) is 9.80. The van der Waals surface area contributed by atoms with Gasteiger partial charge in [0.25, 0.3) is 0 Å². The van der Waals surface area contributed by atoms with E-state index in [-0.39, 0.29) is 5.41 Å². The molecule has 1 unspecified atom stereocenters. The summed E-state index contributed by atoms with van der Waals surface area (Å²) in [5, 5.41) is 10.5. The number of nitriles is 1. The number of hydrogen-bond acceptors (Lipinski definition) is 2. The molecule has 3 heteroatoms. The number of nitrogens with zero attached hydrogens (tertiary/aromatic N) is 2. The summed E-state index contributed by atoms with van der Waals surface area (Å²) in [4.78, 5) is 0. The molecule has 0 bridgehead atoms. The summed E-state index contributed by atoms with van der Waals surface area (Å²) in [6.07, 6.45) is 10.8. The van der Waals surface area contributed by atoms with Gasteiger partial charge < -0.3 is 10.3 Å². The van der Waals surface area contributed by atoms with Crippen molar-refractivity contribution < 1.29 is 0 Å². The number of fused-ring (bicyclic) bond motifs is 1. The Morgan fingerprint density at radius 3 is 2.86 bits per heavy atom. The molecule has 1 aromatic heterocycles. The summed E-state index contributed by atoms with van der Waals surface area (Å²) in [5.74, 6) is 0. The molecule has 2 N–H and O–H groups in total. The first-order valence-electron chi connectivity index (χ1n) is 7.67. The molecule has 0 radical (unpaired) electrons. The first kappa shape index (κ1) is 14.5. The molecular formula is C19H21N3. The number of anilines is 1. The monoisotopic (exact) mass is 291 g/mol. The average Bonchev–Trinajstić information content (AvgIpc) is 2.88. The Balaban J connectivity index is 1.97. The number of allylic oxidation sites excluding steroid dienone is 4. The van der Waals surface area contributed by atoms with Gasteiger partial charge in [0.05, 0.1) is 0 Å². The Kier molecular flexibility index (Phi) is 3.54. The number of aryl methyl sites for hydroxylation is 2. The third-order valence-corrected chi connectivity index (χ3v) is 4.75. The van der Waals surface area contributed by atoms with E-state index in [0.717, 1.165) is 41.5 Å². The molecule has 0 fully saturated rings. The SMILES string of the molecule is Cc1c(N)ccc2c1cc(C#N)n2CCC1(C)C=CC=CC1. The van der Waals surface area contributed by atoms with Gasteiger partial charge in [0.15, 0.2) is 0 Å². The van der Waals surface area contributed by atoms with Crippen molar-refractivity contribution in [1.82, 2.24) is 4.57 Å². The zero-order valence-electron chi connectivity index (χ0n) is 13.1. The van der Waals surface area contributed by atoms with Crippen LogP contribution in [0.4, 0.5) is 5.69 Å². The minimum absolute atomic E-state index is 0.168. The zero-order valence-corrected chi connectivity index (χ0v) is 13.1. The molecule has 22 heavy (non-hydrogen) atoms. The molecule has 112 valence electrons. The van der Waals surface area contributed by atoms with Crippen molar-refractivity contribution in [3.05, 3.63) is 53.8 Å². The fourth-order valence-corrected chi connectivity index (χ4v) is 3.15. The maximum Gasteiger partial charge on any atom is 0.121 e. The van der Waals surface area contributed by atoms with Crippen molar-refractivity contribution >= 4 is 16.6 Å². The van der Waals surface area contributed by atoms with E-state index in [1.54, 1.807) is 0 Å². The highest BCUT2D eigenvalue weighted by Gasteiger charge is 2.22. The van der Waals surface area contributed by atoms with Crippen molar-refractivity contribution in [2.45, 2.75) is 33.2 Å². The minimum Gasteiger partial charge on any atom is -0.398 e. The van der Waals surface area contributed by atoms with E-state index in [1.165, 1.54) is 0 Å². The van der Waals surface area contributed by atoms with E-state index >= 15 is 0 Å². The number of rotatable bonds is 3. The third-order valence-electron chi connectivity index (χ3n) is 4.75. The lowest BCUT2D eigenvalue weighted by Gasteiger charge is -2.27. The molecule has 3 rings (SSSR count). The van der Waals surface area contributed by atoms with Crippen LogP contribution in [0.2, 0.25) is 0 Å². The largest absolute Gasteiger partial charge is 0.398 e. The number of nitrogen functional groups attached to an aromatic ring is 1. The normalized spacial score (nSPS) is 20.4. The molecule has 0 saturated carbocycles. The fourth-order valence-electron chi connectivity index (χ4n) is 3.15. The molecule has 1 heterocycles. The van der Waals surface area contributed by atoms with Crippen LogP contribution in [0.15, 0.2) is 42.5 Å². The van der Waals surface area contributed by atoms with Gasteiger partial charge in [0, 0.05) is 23.1 Å². The van der Waals surface area contributed by atoms with Crippen LogP contribution in [-0.2, 0) is 6.54 Å². The van der Waals surface area contributed by atoms with Gasteiger partial charge in [0.1, 0.15) is 11.8 Å². The third kappa shape index (κ3) is 2.42. The Bertz CT molecular complexity index is 817. The predicted octanol–water partition coefficient (Wildman–Crippen LogP) is 4.32. The summed E-state index contributed by atoms with van der Waals surface area (Å²) in [6, 6.07) is 8.24. The Morgan fingerprint density at radius 2 is 2.18 bits per heavy atom. The van der Waals surface area contributed by atoms with Crippen molar-refractivity contribution in [2.24, 2.45) is 5.41 Å². The van der Waals surface area contributed by atoms with Gasteiger partial charge in [-0.1, -0.05) is 31.2 Å². The number of benzene rings is 1. The highest BCUT2D eigenvalue weighted by molar-refractivity contribution is 5.89. The highest BCUT2D eigenvalue weighted by atomic mass is 15.0. The maximum atomic E-state index is 9.45. The topological polar surface area (TPSA) is 54.7 Å². The molecule has 0 spiro atoms. The smallest absolute Gasteiger partial charge is 0.121 e. The lowest BCUT2D eigenvalue weighted by Crippen LogP contribution is -2.17. The summed E-state index contributed by atoms with van der Waals surface area (Å²) in [6.45, 7) is 5.12. The van der Waals surface area contributed by atoms with E-state index in [4.69, 9.17) is 5.73 Å². The van der Waals surface area contributed by atoms with Gasteiger partial charge in [-0.25, -0.2) is 0 Å². The van der Waals surface area contributed by atoms with Crippen LogP contribution in [-0.4, -0.2) is 4.57 Å². The fraction of sp³-hybridized carbons (Fsp3) is 0.316. The molecule has 0 saturated heterocycles. The van der Waals surface area contributed by atoms with Gasteiger partial charge in [-0.2, -0.15) is 5.26 Å². The molecule has 0 aliphatic heterocycles. The second kappa shape index (κ2) is 5.38. The predicted molar refractivity (Wildman–Crippen MR) is 91.4 cm³/mol. The van der Waals surface area contributed by atoms with Crippen LogP contribution in [0.5, 0.6) is 0 Å². The first-order chi connectivity index (χ1) is 10.5. The molecule has 2 aromatic rings. The van der Waals surface area contributed by atoms with Crippen LogP contribution in [0.1, 0.15) is 31.0 Å². The van der Waals surface area contributed by atoms with Crippen LogP contribution in [0.3, 0.4) is 0 Å².